The van der Waals surface area contributed by atoms with E-state index >= 15 is 0 Å². The molecule has 0 bridgehead atoms. The van der Waals surface area contributed by atoms with Crippen LogP contribution in [0.1, 0.15) is 32.3 Å². The molecule has 0 spiro atoms. The molecule has 0 aromatic heterocycles. The Hall–Kier alpha value is -0.860. The number of hydrogen-bond donors (Lipinski definition) is 1. The van der Waals surface area contributed by atoms with Crippen molar-refractivity contribution >= 4 is 0 Å². The third-order valence-corrected chi connectivity index (χ3v) is 4.04. The zero-order chi connectivity index (χ0) is 13.0. The number of nitrogens with zero attached hydrogens (tertiary/aromatic N) is 1. The molecule has 18 heavy (non-hydrogen) atoms. The number of benzene rings is 1. The highest BCUT2D eigenvalue weighted by Gasteiger charge is 2.37. The highest BCUT2D eigenvalue weighted by Crippen LogP contribution is 2.36. The molecule has 1 aliphatic rings. The van der Waals surface area contributed by atoms with Crippen molar-refractivity contribution in [3.63, 3.8) is 0 Å². The van der Waals surface area contributed by atoms with Crippen molar-refractivity contribution in [2.75, 3.05) is 19.6 Å². The lowest BCUT2D eigenvalue weighted by Crippen LogP contribution is -2.35. The minimum atomic E-state index is 0.364. The van der Waals surface area contributed by atoms with E-state index in [1.165, 1.54) is 24.9 Å². The van der Waals surface area contributed by atoms with Crippen LogP contribution in [0.3, 0.4) is 0 Å². The molecule has 0 amide bonds. The molecule has 2 heteroatoms. The van der Waals surface area contributed by atoms with Crippen molar-refractivity contribution in [2.24, 2.45) is 17.1 Å². The smallest absolute Gasteiger partial charge is 0.0233 e. The van der Waals surface area contributed by atoms with Crippen LogP contribution in [0.4, 0.5) is 0 Å². The molecule has 2 nitrogen and oxygen atoms in total. The largest absolute Gasteiger partial charge is 0.330 e. The second-order valence-corrected chi connectivity index (χ2v) is 6.25. The van der Waals surface area contributed by atoms with Gasteiger partial charge in [-0.2, -0.15) is 0 Å². The Labute approximate surface area is 111 Å². The normalized spacial score (nSPS) is 24.9. The van der Waals surface area contributed by atoms with Gasteiger partial charge < -0.3 is 5.73 Å². The van der Waals surface area contributed by atoms with E-state index in [9.17, 15) is 0 Å². The molecule has 1 unspecified atom stereocenters. The molecule has 100 valence electrons. The average Bonchev–Trinajstić information content (AvgIpc) is 2.73. The van der Waals surface area contributed by atoms with E-state index in [1.807, 2.05) is 0 Å². The number of likely N-dealkylation sites (tertiary alicyclic amines) is 1. The lowest BCUT2D eigenvalue weighted by Gasteiger charge is -2.29. The molecule has 1 aliphatic heterocycles. The predicted molar refractivity (Wildman–Crippen MR) is 77.3 cm³/mol. The molecule has 2 rings (SSSR count). The average molecular weight is 246 g/mol. The topological polar surface area (TPSA) is 29.3 Å². The molecule has 1 fully saturated rings. The molecule has 0 saturated carbocycles. The van der Waals surface area contributed by atoms with E-state index in [4.69, 9.17) is 5.73 Å². The van der Waals surface area contributed by atoms with Crippen molar-refractivity contribution in [1.82, 2.24) is 4.90 Å². The molecule has 1 atom stereocenters. The van der Waals surface area contributed by atoms with Gasteiger partial charge in [-0.1, -0.05) is 44.2 Å². The van der Waals surface area contributed by atoms with Gasteiger partial charge in [0.15, 0.2) is 0 Å². The standard InChI is InChI=1S/C16H26N2/c1-14(2)10-16(12-17)8-9-18(13-16)11-15-6-4-3-5-7-15/h3-7,14H,8-13,17H2,1-2H3. The Morgan fingerprint density at radius 1 is 1.28 bits per heavy atom. The quantitative estimate of drug-likeness (QED) is 0.865. The van der Waals surface area contributed by atoms with Crippen LogP contribution >= 0.6 is 0 Å². The van der Waals surface area contributed by atoms with E-state index in [2.05, 4.69) is 49.1 Å². The monoisotopic (exact) mass is 246 g/mol. The number of nitrogens with two attached hydrogens (primary N) is 1. The summed E-state index contributed by atoms with van der Waals surface area (Å²) in [5.74, 6) is 0.741. The summed E-state index contributed by atoms with van der Waals surface area (Å²) in [7, 11) is 0. The molecular formula is C16H26N2. The van der Waals surface area contributed by atoms with Gasteiger partial charge in [0, 0.05) is 13.1 Å². The highest BCUT2D eigenvalue weighted by atomic mass is 15.2. The van der Waals surface area contributed by atoms with Crippen LogP contribution in [0.25, 0.3) is 0 Å². The summed E-state index contributed by atoms with van der Waals surface area (Å²) in [5, 5.41) is 0. The third-order valence-electron chi connectivity index (χ3n) is 4.04. The minimum absolute atomic E-state index is 0.364. The maximum Gasteiger partial charge on any atom is 0.0233 e. The van der Waals surface area contributed by atoms with Gasteiger partial charge in [0.2, 0.25) is 0 Å². The van der Waals surface area contributed by atoms with Gasteiger partial charge in [0.05, 0.1) is 0 Å². The molecule has 1 heterocycles. The maximum absolute atomic E-state index is 6.05. The van der Waals surface area contributed by atoms with Crippen LogP contribution < -0.4 is 5.73 Å². The molecule has 0 aliphatic carbocycles. The fourth-order valence-electron chi connectivity index (χ4n) is 3.29. The zero-order valence-corrected chi connectivity index (χ0v) is 11.7. The van der Waals surface area contributed by atoms with Crippen LogP contribution in [-0.4, -0.2) is 24.5 Å². The summed E-state index contributed by atoms with van der Waals surface area (Å²) in [6.45, 7) is 8.86. The first-order valence-corrected chi connectivity index (χ1v) is 7.10. The van der Waals surface area contributed by atoms with Crippen molar-refractivity contribution in [2.45, 2.75) is 33.2 Å². The first-order valence-electron chi connectivity index (χ1n) is 7.10. The van der Waals surface area contributed by atoms with E-state index in [-0.39, 0.29) is 0 Å². The van der Waals surface area contributed by atoms with Crippen LogP contribution in [-0.2, 0) is 6.54 Å². The van der Waals surface area contributed by atoms with E-state index < -0.39 is 0 Å². The number of hydrogen-bond acceptors (Lipinski definition) is 2. The predicted octanol–water partition coefficient (Wildman–Crippen LogP) is 2.88. The Bertz CT molecular complexity index is 361. The van der Waals surface area contributed by atoms with E-state index in [1.54, 1.807) is 0 Å². The highest BCUT2D eigenvalue weighted by molar-refractivity contribution is 5.14. The Balaban J connectivity index is 1.94. The maximum atomic E-state index is 6.05. The lowest BCUT2D eigenvalue weighted by molar-refractivity contribution is 0.220. The second-order valence-electron chi connectivity index (χ2n) is 6.25. The van der Waals surface area contributed by atoms with Crippen LogP contribution in [0.2, 0.25) is 0 Å². The summed E-state index contributed by atoms with van der Waals surface area (Å²) >= 11 is 0. The lowest BCUT2D eigenvalue weighted by atomic mass is 9.79. The zero-order valence-electron chi connectivity index (χ0n) is 11.7. The molecule has 1 saturated heterocycles. The van der Waals surface area contributed by atoms with Gasteiger partial charge >= 0.3 is 0 Å². The van der Waals surface area contributed by atoms with Crippen molar-refractivity contribution in [1.29, 1.82) is 0 Å². The first kappa shape index (κ1) is 13.6. The summed E-state index contributed by atoms with van der Waals surface area (Å²) < 4.78 is 0. The number of rotatable bonds is 5. The second kappa shape index (κ2) is 5.85. The van der Waals surface area contributed by atoms with E-state index in [0.717, 1.165) is 25.6 Å². The minimum Gasteiger partial charge on any atom is -0.330 e. The molecule has 1 aromatic rings. The van der Waals surface area contributed by atoms with Gasteiger partial charge in [-0.05, 0) is 42.8 Å². The Kier molecular flexibility index (Phi) is 4.41. The SMILES string of the molecule is CC(C)CC1(CN)CCN(Cc2ccccc2)C1. The molecular weight excluding hydrogens is 220 g/mol. The molecule has 0 radical (unpaired) electrons. The van der Waals surface area contributed by atoms with Gasteiger partial charge in [-0.15, -0.1) is 0 Å². The van der Waals surface area contributed by atoms with Gasteiger partial charge in [0.25, 0.3) is 0 Å². The molecule has 1 aromatic carbocycles. The van der Waals surface area contributed by atoms with Gasteiger partial charge in [0.1, 0.15) is 0 Å². The Morgan fingerprint density at radius 2 is 2.00 bits per heavy atom. The molecule has 2 N–H and O–H groups in total. The van der Waals surface area contributed by atoms with Gasteiger partial charge in [-0.25, -0.2) is 0 Å². The van der Waals surface area contributed by atoms with Gasteiger partial charge in [-0.3, -0.25) is 4.90 Å². The van der Waals surface area contributed by atoms with Crippen molar-refractivity contribution in [3.05, 3.63) is 35.9 Å². The van der Waals surface area contributed by atoms with Crippen LogP contribution in [0, 0.1) is 11.3 Å². The van der Waals surface area contributed by atoms with Crippen molar-refractivity contribution < 1.29 is 0 Å². The Morgan fingerprint density at radius 3 is 2.61 bits per heavy atom. The fraction of sp³-hybridized carbons (Fsp3) is 0.625. The summed E-state index contributed by atoms with van der Waals surface area (Å²) in [5.41, 5.74) is 7.82. The summed E-state index contributed by atoms with van der Waals surface area (Å²) in [6, 6.07) is 10.7. The third kappa shape index (κ3) is 3.33. The van der Waals surface area contributed by atoms with Crippen LogP contribution in [0.5, 0.6) is 0 Å². The van der Waals surface area contributed by atoms with Crippen LogP contribution in [0.15, 0.2) is 30.3 Å². The van der Waals surface area contributed by atoms with Crippen molar-refractivity contribution in [3.8, 4) is 0 Å². The summed E-state index contributed by atoms with van der Waals surface area (Å²) in [6.07, 6.45) is 2.52. The fourth-order valence-corrected chi connectivity index (χ4v) is 3.29. The summed E-state index contributed by atoms with van der Waals surface area (Å²) in [4.78, 5) is 2.56. The first-order chi connectivity index (χ1) is 8.63. The van der Waals surface area contributed by atoms with E-state index in [0.29, 0.717) is 5.41 Å².